The van der Waals surface area contributed by atoms with Crippen molar-refractivity contribution in [1.29, 1.82) is 0 Å². The third-order valence-electron chi connectivity index (χ3n) is 3.18. The zero-order valence-electron chi connectivity index (χ0n) is 11.6. The first kappa shape index (κ1) is 12.9. The Balaban J connectivity index is 1.72. The van der Waals surface area contributed by atoms with E-state index in [1.54, 1.807) is 6.26 Å². The third-order valence-corrected chi connectivity index (χ3v) is 3.18. The molecule has 20 heavy (non-hydrogen) atoms. The van der Waals surface area contributed by atoms with E-state index in [1.807, 2.05) is 12.1 Å². The van der Waals surface area contributed by atoms with Gasteiger partial charge in [0.25, 0.3) is 0 Å². The van der Waals surface area contributed by atoms with E-state index in [2.05, 4.69) is 32.7 Å². The first-order valence-electron chi connectivity index (χ1n) is 7.11. The lowest BCUT2D eigenvalue weighted by molar-refractivity contribution is 0.412. The molecule has 0 saturated heterocycles. The molecule has 1 aliphatic carbocycles. The Labute approximate surface area is 118 Å². The normalized spacial score (nSPS) is 14.2. The molecule has 2 heterocycles. The van der Waals surface area contributed by atoms with E-state index in [-0.39, 0.29) is 0 Å². The van der Waals surface area contributed by atoms with Gasteiger partial charge < -0.3 is 15.2 Å². The van der Waals surface area contributed by atoms with Gasteiger partial charge in [0, 0.05) is 24.6 Å². The molecule has 0 unspecified atom stereocenters. The van der Waals surface area contributed by atoms with Crippen LogP contribution in [0.3, 0.4) is 0 Å². The molecule has 0 bridgehead atoms. The molecular formula is C14H19N5O. The molecule has 2 aromatic heterocycles. The van der Waals surface area contributed by atoms with Crippen LogP contribution in [0.2, 0.25) is 0 Å². The van der Waals surface area contributed by atoms with Crippen molar-refractivity contribution in [3.8, 4) is 0 Å². The summed E-state index contributed by atoms with van der Waals surface area (Å²) in [5.41, 5.74) is 0.861. The van der Waals surface area contributed by atoms with E-state index >= 15 is 0 Å². The van der Waals surface area contributed by atoms with E-state index in [1.165, 1.54) is 12.8 Å². The Hall–Kier alpha value is -2.11. The first-order chi connectivity index (χ1) is 9.85. The van der Waals surface area contributed by atoms with Gasteiger partial charge in [-0.1, -0.05) is 12.1 Å². The third kappa shape index (κ3) is 3.26. The van der Waals surface area contributed by atoms with Crippen molar-refractivity contribution in [3.63, 3.8) is 0 Å². The fourth-order valence-corrected chi connectivity index (χ4v) is 1.93. The van der Waals surface area contributed by atoms with Gasteiger partial charge in [0.2, 0.25) is 0 Å². The molecule has 2 N–H and O–H groups in total. The molecule has 0 aliphatic heterocycles. The van der Waals surface area contributed by atoms with Crippen LogP contribution in [-0.2, 0) is 6.54 Å². The monoisotopic (exact) mass is 273 g/mol. The minimum Gasteiger partial charge on any atom is -0.370 e. The van der Waals surface area contributed by atoms with Crippen molar-refractivity contribution in [2.24, 2.45) is 0 Å². The summed E-state index contributed by atoms with van der Waals surface area (Å²) in [6.07, 6.45) is 5.03. The van der Waals surface area contributed by atoms with Crippen LogP contribution < -0.4 is 10.6 Å². The predicted octanol–water partition coefficient (Wildman–Crippen LogP) is 2.78. The molecule has 0 spiro atoms. The molecule has 0 amide bonds. The van der Waals surface area contributed by atoms with Crippen LogP contribution >= 0.6 is 0 Å². The van der Waals surface area contributed by atoms with Crippen LogP contribution in [-0.4, -0.2) is 21.7 Å². The molecule has 0 atom stereocenters. The van der Waals surface area contributed by atoms with Crippen LogP contribution in [0.4, 0.5) is 11.6 Å². The summed E-state index contributed by atoms with van der Waals surface area (Å²) in [5.74, 6) is 3.20. The summed E-state index contributed by atoms with van der Waals surface area (Å²) >= 11 is 0. The number of rotatable bonds is 7. The number of hydrogen-bond donors (Lipinski definition) is 2. The molecule has 0 aromatic carbocycles. The molecule has 2 aromatic rings. The van der Waals surface area contributed by atoms with Gasteiger partial charge in [-0.25, -0.2) is 9.97 Å². The molecule has 1 aliphatic rings. The van der Waals surface area contributed by atoms with Gasteiger partial charge in [-0.15, -0.1) is 0 Å². The molecule has 3 rings (SSSR count). The van der Waals surface area contributed by atoms with Gasteiger partial charge in [-0.3, -0.25) is 0 Å². The van der Waals surface area contributed by atoms with Crippen LogP contribution in [0, 0.1) is 0 Å². The summed E-state index contributed by atoms with van der Waals surface area (Å²) in [7, 11) is 0. The second-order valence-corrected chi connectivity index (χ2v) is 5.04. The maximum atomic E-state index is 4.82. The summed E-state index contributed by atoms with van der Waals surface area (Å²) in [4.78, 5) is 9.16. The zero-order valence-corrected chi connectivity index (χ0v) is 11.6. The van der Waals surface area contributed by atoms with E-state index in [4.69, 9.17) is 4.52 Å². The second-order valence-electron chi connectivity index (χ2n) is 5.04. The van der Waals surface area contributed by atoms with Gasteiger partial charge in [0.1, 0.15) is 29.4 Å². The fourth-order valence-electron chi connectivity index (χ4n) is 1.93. The summed E-state index contributed by atoms with van der Waals surface area (Å²) < 4.78 is 4.82. The zero-order chi connectivity index (χ0) is 13.8. The topological polar surface area (TPSA) is 75.9 Å². The van der Waals surface area contributed by atoms with Gasteiger partial charge in [-0.2, -0.15) is 0 Å². The Kier molecular flexibility index (Phi) is 3.80. The lowest BCUT2D eigenvalue weighted by Crippen LogP contribution is -2.08. The number of anilines is 2. The summed E-state index contributed by atoms with van der Waals surface area (Å²) in [6.45, 7) is 3.66. The molecule has 6 nitrogen and oxygen atoms in total. The van der Waals surface area contributed by atoms with Gasteiger partial charge >= 0.3 is 0 Å². The standard InChI is InChI=1S/C14H19N5O/c1-2-6-15-12-8-13(16-9-11-5-7-20-19-11)18-14(17-12)10-3-4-10/h5,7-8,10H,2-4,6,9H2,1H3,(H2,15,16,17,18). The predicted molar refractivity (Wildman–Crippen MR) is 76.6 cm³/mol. The largest absolute Gasteiger partial charge is 0.370 e. The highest BCUT2D eigenvalue weighted by Gasteiger charge is 2.27. The van der Waals surface area contributed by atoms with Crippen molar-refractivity contribution in [1.82, 2.24) is 15.1 Å². The Bertz CT molecular complexity index is 551. The van der Waals surface area contributed by atoms with E-state index in [0.29, 0.717) is 12.5 Å². The lowest BCUT2D eigenvalue weighted by Gasteiger charge is -2.10. The van der Waals surface area contributed by atoms with Crippen LogP contribution in [0.15, 0.2) is 22.9 Å². The first-order valence-corrected chi connectivity index (χ1v) is 7.11. The minimum atomic E-state index is 0.533. The number of aromatic nitrogens is 3. The highest BCUT2D eigenvalue weighted by molar-refractivity contribution is 5.48. The Morgan fingerprint density at radius 2 is 2.05 bits per heavy atom. The average molecular weight is 273 g/mol. The highest BCUT2D eigenvalue weighted by Crippen LogP contribution is 2.38. The van der Waals surface area contributed by atoms with Crippen molar-refractivity contribution < 1.29 is 4.52 Å². The highest BCUT2D eigenvalue weighted by atomic mass is 16.5. The average Bonchev–Trinajstić information content (AvgIpc) is 3.20. The van der Waals surface area contributed by atoms with Crippen LogP contribution in [0.5, 0.6) is 0 Å². The van der Waals surface area contributed by atoms with E-state index < -0.39 is 0 Å². The maximum absolute atomic E-state index is 4.82. The molecule has 1 fully saturated rings. The molecule has 1 saturated carbocycles. The lowest BCUT2D eigenvalue weighted by atomic mass is 10.3. The van der Waals surface area contributed by atoms with Crippen LogP contribution in [0.25, 0.3) is 0 Å². The second kappa shape index (κ2) is 5.90. The molecule has 106 valence electrons. The van der Waals surface area contributed by atoms with Gasteiger partial charge in [0.05, 0.1) is 6.54 Å². The molecule has 0 radical (unpaired) electrons. The summed E-state index contributed by atoms with van der Waals surface area (Å²) in [6, 6.07) is 3.79. The maximum Gasteiger partial charge on any atom is 0.136 e. The molecular weight excluding hydrogens is 254 g/mol. The SMILES string of the molecule is CCCNc1cc(NCc2ccon2)nc(C2CC2)n1. The van der Waals surface area contributed by atoms with Gasteiger partial charge in [-0.05, 0) is 19.3 Å². The van der Waals surface area contributed by atoms with Crippen molar-refractivity contribution in [2.45, 2.75) is 38.6 Å². The fraction of sp³-hybridized carbons (Fsp3) is 0.500. The van der Waals surface area contributed by atoms with E-state index in [9.17, 15) is 0 Å². The summed E-state index contributed by atoms with van der Waals surface area (Å²) in [5, 5.41) is 10.5. The van der Waals surface area contributed by atoms with Crippen LogP contribution in [0.1, 0.15) is 43.6 Å². The number of hydrogen-bond acceptors (Lipinski definition) is 6. The van der Waals surface area contributed by atoms with Gasteiger partial charge in [0.15, 0.2) is 0 Å². The quantitative estimate of drug-likeness (QED) is 0.808. The van der Waals surface area contributed by atoms with Crippen molar-refractivity contribution >= 4 is 11.6 Å². The van der Waals surface area contributed by atoms with E-state index in [0.717, 1.165) is 36.1 Å². The Morgan fingerprint density at radius 1 is 1.25 bits per heavy atom. The minimum absolute atomic E-state index is 0.533. The Morgan fingerprint density at radius 3 is 2.70 bits per heavy atom. The van der Waals surface area contributed by atoms with Crippen molar-refractivity contribution in [2.75, 3.05) is 17.2 Å². The molecule has 6 heteroatoms. The smallest absolute Gasteiger partial charge is 0.136 e. The number of nitrogens with one attached hydrogen (secondary N) is 2. The van der Waals surface area contributed by atoms with Crippen molar-refractivity contribution in [3.05, 3.63) is 29.9 Å². The number of nitrogens with zero attached hydrogens (tertiary/aromatic N) is 3.